The van der Waals surface area contributed by atoms with Gasteiger partial charge in [-0.05, 0) is 84.0 Å². The zero-order valence-electron chi connectivity index (χ0n) is 21.4. The standard InChI is InChI=1S/C29H31NO5.ClH/c1-18-7-11-21(12-8-18)27(32)34-24-16-15-23(26(31)20(3)30-29(4,5)6)17-25(24)35-28(33)22-13-9-19(2)10-14-22;/h7-17,20,30H,1-6H3;1H. The number of aryl methyl sites for hydroxylation is 2. The van der Waals surface area contributed by atoms with Crippen LogP contribution in [0.1, 0.15) is 69.9 Å². The molecule has 0 spiro atoms. The summed E-state index contributed by atoms with van der Waals surface area (Å²) in [5.74, 6) is -1.36. The van der Waals surface area contributed by atoms with E-state index in [1.807, 2.05) is 34.6 Å². The zero-order chi connectivity index (χ0) is 25.8. The van der Waals surface area contributed by atoms with Crippen LogP contribution in [-0.4, -0.2) is 29.3 Å². The lowest BCUT2D eigenvalue weighted by atomic mass is 10.0. The van der Waals surface area contributed by atoms with E-state index in [-0.39, 0.29) is 35.2 Å². The quantitative estimate of drug-likeness (QED) is 0.234. The first-order valence-corrected chi connectivity index (χ1v) is 11.5. The Morgan fingerprint density at radius 3 is 1.56 bits per heavy atom. The van der Waals surface area contributed by atoms with Crippen LogP contribution in [0.15, 0.2) is 66.7 Å². The molecule has 0 aliphatic rings. The highest BCUT2D eigenvalue weighted by Crippen LogP contribution is 2.31. The molecule has 0 radical (unpaired) electrons. The number of carbonyl (C=O) groups excluding carboxylic acids is 3. The molecule has 1 N–H and O–H groups in total. The Bertz CT molecular complexity index is 1230. The van der Waals surface area contributed by atoms with Crippen LogP contribution >= 0.6 is 12.4 Å². The van der Waals surface area contributed by atoms with Crippen LogP contribution in [0.5, 0.6) is 11.5 Å². The Balaban J connectivity index is 0.00000456. The topological polar surface area (TPSA) is 81.7 Å². The molecule has 7 heteroatoms. The molecule has 1 unspecified atom stereocenters. The van der Waals surface area contributed by atoms with Crippen molar-refractivity contribution < 1.29 is 23.9 Å². The van der Waals surface area contributed by atoms with Gasteiger partial charge in [0.2, 0.25) is 0 Å². The molecule has 190 valence electrons. The molecule has 36 heavy (non-hydrogen) atoms. The van der Waals surface area contributed by atoms with E-state index in [0.29, 0.717) is 16.7 Å². The molecule has 0 aliphatic carbocycles. The van der Waals surface area contributed by atoms with Crippen molar-refractivity contribution in [2.24, 2.45) is 0 Å². The number of esters is 2. The molecule has 0 amide bonds. The van der Waals surface area contributed by atoms with Gasteiger partial charge in [-0.15, -0.1) is 12.4 Å². The maximum absolute atomic E-state index is 13.0. The Morgan fingerprint density at radius 1 is 0.694 bits per heavy atom. The van der Waals surface area contributed by atoms with Crippen molar-refractivity contribution in [3.8, 4) is 11.5 Å². The van der Waals surface area contributed by atoms with E-state index in [9.17, 15) is 14.4 Å². The van der Waals surface area contributed by atoms with Gasteiger partial charge in [0.25, 0.3) is 0 Å². The summed E-state index contributed by atoms with van der Waals surface area (Å²) < 4.78 is 11.2. The van der Waals surface area contributed by atoms with E-state index in [2.05, 4.69) is 5.32 Å². The van der Waals surface area contributed by atoms with Gasteiger partial charge in [-0.25, -0.2) is 9.59 Å². The van der Waals surface area contributed by atoms with E-state index in [4.69, 9.17) is 9.47 Å². The lowest BCUT2D eigenvalue weighted by molar-refractivity contribution is 0.0682. The van der Waals surface area contributed by atoms with E-state index >= 15 is 0 Å². The molecular formula is C29H32ClNO5. The lowest BCUT2D eigenvalue weighted by Gasteiger charge is -2.25. The third-order valence-corrected chi connectivity index (χ3v) is 5.25. The average molecular weight is 510 g/mol. The second kappa shape index (κ2) is 12.0. The summed E-state index contributed by atoms with van der Waals surface area (Å²) in [6, 6.07) is 17.8. The van der Waals surface area contributed by atoms with Crippen molar-refractivity contribution in [3.63, 3.8) is 0 Å². The highest BCUT2D eigenvalue weighted by molar-refractivity contribution is 6.01. The molecule has 0 fully saturated rings. The van der Waals surface area contributed by atoms with Gasteiger partial charge in [0.05, 0.1) is 17.2 Å². The summed E-state index contributed by atoms with van der Waals surface area (Å²) in [7, 11) is 0. The van der Waals surface area contributed by atoms with Crippen LogP contribution in [0.4, 0.5) is 0 Å². The summed E-state index contributed by atoms with van der Waals surface area (Å²) in [5, 5.41) is 3.24. The Kier molecular flexibility index (Phi) is 9.56. The number of ketones is 1. The third-order valence-electron chi connectivity index (χ3n) is 5.25. The third kappa shape index (κ3) is 7.77. The average Bonchev–Trinajstić information content (AvgIpc) is 2.79. The highest BCUT2D eigenvalue weighted by Gasteiger charge is 2.23. The van der Waals surface area contributed by atoms with Gasteiger partial charge in [0.15, 0.2) is 17.3 Å². The Morgan fingerprint density at radius 2 is 1.11 bits per heavy atom. The molecule has 6 nitrogen and oxygen atoms in total. The number of carbonyl (C=O) groups is 3. The number of nitrogens with one attached hydrogen (secondary N) is 1. The van der Waals surface area contributed by atoms with E-state index < -0.39 is 18.0 Å². The van der Waals surface area contributed by atoms with Crippen LogP contribution in [-0.2, 0) is 0 Å². The molecule has 0 bridgehead atoms. The predicted molar refractivity (Wildman–Crippen MR) is 143 cm³/mol. The van der Waals surface area contributed by atoms with Crippen molar-refractivity contribution >= 4 is 30.1 Å². The monoisotopic (exact) mass is 509 g/mol. The molecule has 3 aromatic carbocycles. The Hall–Kier alpha value is -3.48. The normalized spacial score (nSPS) is 11.7. The number of Topliss-reactive ketones (excluding diaryl/α,β-unsaturated/α-hetero) is 1. The fourth-order valence-corrected chi connectivity index (χ4v) is 3.49. The van der Waals surface area contributed by atoms with Crippen LogP contribution in [0.25, 0.3) is 0 Å². The molecule has 0 aromatic heterocycles. The number of halogens is 1. The minimum absolute atomic E-state index is 0. The van der Waals surface area contributed by atoms with Crippen LogP contribution in [0.3, 0.4) is 0 Å². The zero-order valence-corrected chi connectivity index (χ0v) is 22.2. The summed E-state index contributed by atoms with van der Waals surface area (Å²) in [4.78, 5) is 38.6. The van der Waals surface area contributed by atoms with Crippen molar-refractivity contribution in [1.82, 2.24) is 5.32 Å². The van der Waals surface area contributed by atoms with Gasteiger partial charge >= 0.3 is 11.9 Å². The SMILES string of the molecule is Cc1ccc(C(=O)Oc2ccc(C(=O)C(C)NC(C)(C)C)cc2OC(=O)c2ccc(C)cc2)cc1.Cl. The van der Waals surface area contributed by atoms with Gasteiger partial charge in [-0.2, -0.15) is 0 Å². The molecule has 1 atom stereocenters. The number of ether oxygens (including phenoxy) is 2. The predicted octanol–water partition coefficient (Wildman–Crippen LogP) is 6.12. The lowest BCUT2D eigenvalue weighted by Crippen LogP contribution is -2.46. The van der Waals surface area contributed by atoms with Crippen LogP contribution in [0, 0.1) is 13.8 Å². The highest BCUT2D eigenvalue weighted by atomic mass is 35.5. The summed E-state index contributed by atoms with van der Waals surface area (Å²) in [6.45, 7) is 11.5. The van der Waals surface area contributed by atoms with Gasteiger partial charge < -0.3 is 14.8 Å². The first-order valence-electron chi connectivity index (χ1n) is 11.5. The maximum Gasteiger partial charge on any atom is 0.343 e. The Labute approximate surface area is 218 Å². The first-order chi connectivity index (χ1) is 16.4. The van der Waals surface area contributed by atoms with Crippen molar-refractivity contribution in [1.29, 1.82) is 0 Å². The summed E-state index contributed by atoms with van der Waals surface area (Å²) in [5.41, 5.74) is 2.77. The second-order valence-corrected chi connectivity index (χ2v) is 9.65. The second-order valence-electron chi connectivity index (χ2n) is 9.65. The number of hydrogen-bond acceptors (Lipinski definition) is 6. The van der Waals surface area contributed by atoms with Crippen LogP contribution < -0.4 is 14.8 Å². The molecular weight excluding hydrogens is 478 g/mol. The number of rotatable bonds is 7. The molecule has 0 heterocycles. The van der Waals surface area contributed by atoms with E-state index in [0.717, 1.165) is 11.1 Å². The van der Waals surface area contributed by atoms with Gasteiger partial charge in [0.1, 0.15) is 0 Å². The molecule has 0 saturated carbocycles. The van der Waals surface area contributed by atoms with E-state index in [1.54, 1.807) is 61.5 Å². The number of hydrogen-bond donors (Lipinski definition) is 1. The molecule has 3 aromatic rings. The first kappa shape index (κ1) is 28.8. The molecule has 0 saturated heterocycles. The summed E-state index contributed by atoms with van der Waals surface area (Å²) in [6.07, 6.45) is 0. The van der Waals surface area contributed by atoms with Crippen molar-refractivity contribution in [3.05, 3.63) is 94.5 Å². The number of benzene rings is 3. The smallest absolute Gasteiger partial charge is 0.343 e. The minimum Gasteiger partial charge on any atom is -0.419 e. The minimum atomic E-state index is -0.622. The van der Waals surface area contributed by atoms with Crippen LogP contribution in [0.2, 0.25) is 0 Å². The largest absolute Gasteiger partial charge is 0.419 e. The fourth-order valence-electron chi connectivity index (χ4n) is 3.49. The molecule has 0 aliphatic heterocycles. The van der Waals surface area contributed by atoms with Crippen molar-refractivity contribution in [2.45, 2.75) is 53.1 Å². The summed E-state index contributed by atoms with van der Waals surface area (Å²) >= 11 is 0. The van der Waals surface area contributed by atoms with Crippen molar-refractivity contribution in [2.75, 3.05) is 0 Å². The van der Waals surface area contributed by atoms with Gasteiger partial charge in [-0.3, -0.25) is 4.79 Å². The fraction of sp³-hybridized carbons (Fsp3) is 0.276. The van der Waals surface area contributed by atoms with Gasteiger partial charge in [0, 0.05) is 11.1 Å². The van der Waals surface area contributed by atoms with Gasteiger partial charge in [-0.1, -0.05) is 35.4 Å². The van der Waals surface area contributed by atoms with E-state index in [1.165, 1.54) is 12.1 Å². The molecule has 3 rings (SSSR count). The maximum atomic E-state index is 13.0.